The minimum atomic E-state index is -4.36. The summed E-state index contributed by atoms with van der Waals surface area (Å²) in [5.41, 5.74) is 0.813. The number of aromatic nitrogens is 1. The molecule has 2 aliphatic heterocycles. The summed E-state index contributed by atoms with van der Waals surface area (Å²) in [4.78, 5) is 6.03. The minimum Gasteiger partial charge on any atom is -0.308 e. The summed E-state index contributed by atoms with van der Waals surface area (Å²) in [5, 5.41) is 6.10. The van der Waals surface area contributed by atoms with Gasteiger partial charge in [0.15, 0.2) is 5.82 Å². The first-order valence-electron chi connectivity index (χ1n) is 7.88. The van der Waals surface area contributed by atoms with Crippen LogP contribution in [0.3, 0.4) is 0 Å². The van der Waals surface area contributed by atoms with Crippen molar-refractivity contribution < 1.29 is 17.6 Å². The lowest BCUT2D eigenvalue weighted by Gasteiger charge is -2.34. The molecule has 3 aliphatic rings. The molecule has 0 spiro atoms. The molecule has 3 heterocycles. The van der Waals surface area contributed by atoms with Gasteiger partial charge in [0.05, 0.1) is 11.8 Å². The molecular weight excluding hydrogens is 336 g/mol. The lowest BCUT2D eigenvalue weighted by molar-refractivity contribution is -0.137. The first-order valence-corrected chi connectivity index (χ1v) is 7.88. The van der Waals surface area contributed by atoms with Crippen molar-refractivity contribution in [3.63, 3.8) is 0 Å². The van der Waals surface area contributed by atoms with Crippen molar-refractivity contribution in [2.75, 3.05) is 9.91 Å². The van der Waals surface area contributed by atoms with Crippen LogP contribution in [0.2, 0.25) is 0 Å². The molecule has 1 aromatic heterocycles. The number of rotatable bonds is 1. The zero-order valence-corrected chi connectivity index (χ0v) is 12.8. The van der Waals surface area contributed by atoms with Crippen LogP contribution in [-0.4, -0.2) is 17.5 Å². The van der Waals surface area contributed by atoms with Crippen LogP contribution in [0.15, 0.2) is 41.6 Å². The maximum atomic E-state index is 13.5. The number of hydrogen-bond donors (Lipinski definition) is 0. The maximum absolute atomic E-state index is 13.5. The largest absolute Gasteiger partial charge is 0.416 e. The van der Waals surface area contributed by atoms with Crippen LogP contribution < -0.4 is 9.91 Å². The Balaban J connectivity index is 1.49. The molecular formula is C17H12F4N4. The van der Waals surface area contributed by atoms with E-state index in [0.29, 0.717) is 11.5 Å². The molecule has 128 valence electrons. The Labute approximate surface area is 140 Å². The highest BCUT2D eigenvalue weighted by Gasteiger charge is 2.56. The number of hydrogen-bond acceptors (Lipinski definition) is 4. The molecule has 3 atom stereocenters. The summed E-state index contributed by atoms with van der Waals surface area (Å²) >= 11 is 0. The van der Waals surface area contributed by atoms with E-state index >= 15 is 0 Å². The highest BCUT2D eigenvalue weighted by atomic mass is 19.4. The number of anilines is 2. The lowest BCUT2D eigenvalue weighted by Crippen LogP contribution is -2.44. The van der Waals surface area contributed by atoms with E-state index in [-0.39, 0.29) is 23.8 Å². The van der Waals surface area contributed by atoms with Crippen LogP contribution in [0.5, 0.6) is 0 Å². The van der Waals surface area contributed by atoms with Crippen LogP contribution in [0.25, 0.3) is 0 Å². The van der Waals surface area contributed by atoms with E-state index in [0.717, 1.165) is 30.3 Å². The van der Waals surface area contributed by atoms with E-state index < -0.39 is 11.7 Å². The van der Waals surface area contributed by atoms with E-state index in [1.54, 1.807) is 11.3 Å². The van der Waals surface area contributed by atoms with Gasteiger partial charge in [0.25, 0.3) is 0 Å². The molecule has 1 aromatic carbocycles. The van der Waals surface area contributed by atoms with Gasteiger partial charge in [-0.15, -0.1) is 0 Å². The first kappa shape index (κ1) is 14.7. The predicted octanol–water partition coefficient (Wildman–Crippen LogP) is 3.95. The minimum absolute atomic E-state index is 0.132. The van der Waals surface area contributed by atoms with E-state index in [1.165, 1.54) is 18.2 Å². The van der Waals surface area contributed by atoms with Crippen LogP contribution in [0.1, 0.15) is 23.5 Å². The van der Waals surface area contributed by atoms with Gasteiger partial charge in [-0.1, -0.05) is 0 Å². The molecule has 25 heavy (non-hydrogen) atoms. The molecule has 1 aliphatic carbocycles. The van der Waals surface area contributed by atoms with Crippen LogP contribution in [0, 0.1) is 11.7 Å². The average molecular weight is 348 g/mol. The van der Waals surface area contributed by atoms with Gasteiger partial charge < -0.3 is 4.90 Å². The zero-order valence-electron chi connectivity index (χ0n) is 12.8. The third-order valence-corrected chi connectivity index (χ3v) is 5.03. The van der Waals surface area contributed by atoms with Gasteiger partial charge >= 0.3 is 6.18 Å². The summed E-state index contributed by atoms with van der Waals surface area (Å²) in [6, 6.07) is 6.54. The van der Waals surface area contributed by atoms with Gasteiger partial charge in [0, 0.05) is 17.2 Å². The predicted molar refractivity (Wildman–Crippen MR) is 83.7 cm³/mol. The number of nitrogens with zero attached hydrogens (tertiary/aromatic N) is 4. The van der Waals surface area contributed by atoms with Gasteiger partial charge in [0.2, 0.25) is 0 Å². The van der Waals surface area contributed by atoms with Crippen molar-refractivity contribution >= 4 is 17.8 Å². The highest BCUT2D eigenvalue weighted by molar-refractivity contribution is 5.86. The standard InChI is InChI=1S/C17H12F4N4/c18-10-5-13-12-6-14(12)16-24(8-23-25(16)15(13)22-7-10)11-3-1-9(2-4-11)17(19,20)21/h1-5,7-8,12,14,16H,6H2. The van der Waals surface area contributed by atoms with E-state index in [4.69, 9.17) is 0 Å². The average Bonchev–Trinajstić information content (AvgIpc) is 3.26. The van der Waals surface area contributed by atoms with Crippen molar-refractivity contribution in [3.05, 3.63) is 53.5 Å². The maximum Gasteiger partial charge on any atom is 0.416 e. The Kier molecular flexibility index (Phi) is 2.77. The van der Waals surface area contributed by atoms with Gasteiger partial charge in [-0.05, 0) is 42.7 Å². The fourth-order valence-corrected chi connectivity index (χ4v) is 3.79. The van der Waals surface area contributed by atoms with Crippen LogP contribution >= 0.6 is 0 Å². The molecule has 4 nitrogen and oxygen atoms in total. The van der Waals surface area contributed by atoms with E-state index in [2.05, 4.69) is 10.1 Å². The van der Waals surface area contributed by atoms with Crippen LogP contribution in [0.4, 0.5) is 29.1 Å². The quantitative estimate of drug-likeness (QED) is 0.732. The molecule has 0 radical (unpaired) electrons. The third kappa shape index (κ3) is 2.13. The van der Waals surface area contributed by atoms with Gasteiger partial charge in [-0.2, -0.15) is 18.3 Å². The number of hydrazone groups is 1. The van der Waals surface area contributed by atoms with Crippen molar-refractivity contribution in [2.24, 2.45) is 11.0 Å². The Morgan fingerprint density at radius 2 is 1.88 bits per heavy atom. The molecule has 0 saturated heterocycles. The molecule has 3 unspecified atom stereocenters. The Morgan fingerprint density at radius 3 is 2.60 bits per heavy atom. The normalized spacial score (nSPS) is 26.3. The first-order chi connectivity index (χ1) is 11.9. The Hall–Kier alpha value is -2.64. The number of pyridine rings is 1. The van der Waals surface area contributed by atoms with Crippen molar-refractivity contribution in [1.29, 1.82) is 0 Å². The zero-order chi connectivity index (χ0) is 17.3. The Morgan fingerprint density at radius 1 is 1.12 bits per heavy atom. The van der Waals surface area contributed by atoms with Gasteiger partial charge in [-0.3, -0.25) is 0 Å². The molecule has 2 aromatic rings. The topological polar surface area (TPSA) is 31.7 Å². The molecule has 0 N–H and O–H groups in total. The Bertz CT molecular complexity index is 877. The second-order valence-electron chi connectivity index (χ2n) is 6.51. The SMILES string of the molecule is Fc1cnc2c(c1)C1CC1C1N(c3ccc(C(F)(F)F)cc3)C=NN21. The summed E-state index contributed by atoms with van der Waals surface area (Å²) in [6.45, 7) is 0. The molecule has 1 saturated carbocycles. The number of alkyl halides is 3. The van der Waals surface area contributed by atoms with Crippen molar-refractivity contribution in [3.8, 4) is 0 Å². The molecule has 8 heteroatoms. The van der Waals surface area contributed by atoms with E-state index in [1.807, 2.05) is 4.90 Å². The fourth-order valence-electron chi connectivity index (χ4n) is 3.79. The van der Waals surface area contributed by atoms with E-state index in [9.17, 15) is 17.6 Å². The number of halogens is 4. The molecule has 0 amide bonds. The fraction of sp³-hybridized carbons (Fsp3) is 0.294. The highest BCUT2D eigenvalue weighted by Crippen LogP contribution is 2.59. The summed E-state index contributed by atoms with van der Waals surface area (Å²) in [7, 11) is 0. The van der Waals surface area contributed by atoms with Gasteiger partial charge in [0.1, 0.15) is 18.3 Å². The lowest BCUT2D eigenvalue weighted by atomic mass is 10.0. The molecule has 5 rings (SSSR count). The molecule has 0 bridgehead atoms. The summed E-state index contributed by atoms with van der Waals surface area (Å²) in [5.74, 6) is 0.723. The van der Waals surface area contributed by atoms with Crippen molar-refractivity contribution in [2.45, 2.75) is 24.7 Å². The van der Waals surface area contributed by atoms with Crippen molar-refractivity contribution in [1.82, 2.24) is 4.98 Å². The summed E-state index contributed by atoms with van der Waals surface area (Å²) in [6.07, 6.45) is -0.840. The summed E-state index contributed by atoms with van der Waals surface area (Å²) < 4.78 is 51.7. The second-order valence-corrected chi connectivity index (χ2v) is 6.51. The smallest absolute Gasteiger partial charge is 0.308 e. The molecule has 1 fully saturated rings. The van der Waals surface area contributed by atoms with Gasteiger partial charge in [-0.25, -0.2) is 14.4 Å². The number of benzene rings is 1. The number of fused-ring (bicyclic) bond motifs is 6. The monoisotopic (exact) mass is 348 g/mol. The second kappa shape index (κ2) is 4.71. The third-order valence-electron chi connectivity index (χ3n) is 5.03. The van der Waals surface area contributed by atoms with Crippen LogP contribution in [-0.2, 0) is 6.18 Å².